The normalized spacial score (nSPS) is 16.4. The number of benzene rings is 1. The van der Waals surface area contributed by atoms with Crippen molar-refractivity contribution in [2.24, 2.45) is 0 Å². The van der Waals surface area contributed by atoms with E-state index in [-0.39, 0.29) is 0 Å². The summed E-state index contributed by atoms with van der Waals surface area (Å²) in [6, 6.07) is 5.53. The monoisotopic (exact) mass is 191 g/mol. The van der Waals surface area contributed by atoms with E-state index >= 15 is 0 Å². The molecule has 3 nitrogen and oxygen atoms in total. The van der Waals surface area contributed by atoms with Crippen LogP contribution in [0.2, 0.25) is 0 Å². The smallest absolute Gasteiger partial charge is 0.336 e. The van der Waals surface area contributed by atoms with E-state index in [9.17, 15) is 4.79 Å². The van der Waals surface area contributed by atoms with Crippen LogP contribution in [-0.2, 0) is 13.0 Å². The van der Waals surface area contributed by atoms with Gasteiger partial charge in [-0.2, -0.15) is 0 Å². The van der Waals surface area contributed by atoms with Gasteiger partial charge in [-0.1, -0.05) is 12.1 Å². The number of hydrogen-bond acceptors (Lipinski definition) is 2. The molecule has 1 aromatic rings. The maximum Gasteiger partial charge on any atom is 0.336 e. The molecule has 0 radical (unpaired) electrons. The maximum absolute atomic E-state index is 11.0. The first kappa shape index (κ1) is 9.21. The van der Waals surface area contributed by atoms with Crippen LogP contribution in [0.1, 0.15) is 21.5 Å². The van der Waals surface area contributed by atoms with Crippen LogP contribution < -0.4 is 0 Å². The van der Waals surface area contributed by atoms with Crippen LogP contribution in [-0.4, -0.2) is 29.6 Å². The quantitative estimate of drug-likeness (QED) is 0.729. The van der Waals surface area contributed by atoms with Crippen LogP contribution >= 0.6 is 0 Å². The minimum Gasteiger partial charge on any atom is -0.478 e. The van der Waals surface area contributed by atoms with Crippen LogP contribution in [0.3, 0.4) is 0 Å². The van der Waals surface area contributed by atoms with Gasteiger partial charge in [0.1, 0.15) is 0 Å². The lowest BCUT2D eigenvalue weighted by atomic mass is 9.95. The van der Waals surface area contributed by atoms with Gasteiger partial charge in [0.05, 0.1) is 5.56 Å². The standard InChI is InChI=1S/C11H13NO2/c1-12-6-5-8-3-2-4-9(11(13)14)10(8)7-12/h2-4H,5-7H2,1H3,(H,13,14). The molecular formula is C11H13NO2. The topological polar surface area (TPSA) is 40.5 Å². The Morgan fingerprint density at radius 3 is 3.00 bits per heavy atom. The Labute approximate surface area is 83.0 Å². The average Bonchev–Trinajstić information content (AvgIpc) is 2.16. The van der Waals surface area contributed by atoms with E-state index < -0.39 is 5.97 Å². The highest BCUT2D eigenvalue weighted by Gasteiger charge is 2.18. The van der Waals surface area contributed by atoms with Crippen molar-refractivity contribution < 1.29 is 9.90 Å². The van der Waals surface area contributed by atoms with E-state index in [2.05, 4.69) is 4.90 Å². The SMILES string of the molecule is CN1CCc2cccc(C(=O)O)c2C1. The number of fused-ring (bicyclic) bond motifs is 1. The van der Waals surface area contributed by atoms with Crippen molar-refractivity contribution in [3.8, 4) is 0 Å². The van der Waals surface area contributed by atoms with Crippen molar-refractivity contribution in [1.82, 2.24) is 4.90 Å². The number of rotatable bonds is 1. The molecule has 0 spiro atoms. The number of nitrogens with zero attached hydrogens (tertiary/aromatic N) is 1. The second-order valence-corrected chi connectivity index (χ2v) is 3.74. The maximum atomic E-state index is 11.0. The summed E-state index contributed by atoms with van der Waals surface area (Å²) >= 11 is 0. The third kappa shape index (κ3) is 1.51. The minimum absolute atomic E-state index is 0.453. The first-order chi connectivity index (χ1) is 6.68. The molecule has 1 heterocycles. The molecule has 0 aromatic heterocycles. The summed E-state index contributed by atoms with van der Waals surface area (Å²) in [6.07, 6.45) is 0.951. The summed E-state index contributed by atoms with van der Waals surface area (Å²) in [5, 5.41) is 9.01. The van der Waals surface area contributed by atoms with E-state index in [0.29, 0.717) is 5.56 Å². The Kier molecular flexibility index (Phi) is 2.25. The molecule has 14 heavy (non-hydrogen) atoms. The number of carboxylic acids is 1. The summed E-state index contributed by atoms with van der Waals surface area (Å²) in [6.45, 7) is 1.76. The molecule has 0 saturated carbocycles. The molecule has 0 unspecified atom stereocenters. The van der Waals surface area contributed by atoms with E-state index in [1.54, 1.807) is 6.07 Å². The number of carbonyl (C=O) groups is 1. The molecule has 1 aliphatic heterocycles. The van der Waals surface area contributed by atoms with Crippen LogP contribution in [0.4, 0.5) is 0 Å². The summed E-state index contributed by atoms with van der Waals surface area (Å²) in [5.74, 6) is -0.822. The second kappa shape index (κ2) is 3.42. The zero-order chi connectivity index (χ0) is 10.1. The Hall–Kier alpha value is -1.35. The number of aromatic carboxylic acids is 1. The highest BCUT2D eigenvalue weighted by molar-refractivity contribution is 5.89. The fourth-order valence-corrected chi connectivity index (χ4v) is 1.92. The number of carboxylic acid groups (broad SMARTS) is 1. The molecular weight excluding hydrogens is 178 g/mol. The fourth-order valence-electron chi connectivity index (χ4n) is 1.92. The first-order valence-electron chi connectivity index (χ1n) is 4.71. The third-order valence-corrected chi connectivity index (χ3v) is 2.69. The predicted molar refractivity (Wildman–Crippen MR) is 53.4 cm³/mol. The van der Waals surface area contributed by atoms with E-state index in [0.717, 1.165) is 25.1 Å². The van der Waals surface area contributed by atoms with Gasteiger partial charge in [0.25, 0.3) is 0 Å². The Morgan fingerprint density at radius 2 is 2.29 bits per heavy atom. The molecule has 74 valence electrons. The van der Waals surface area contributed by atoms with Crippen molar-refractivity contribution in [2.45, 2.75) is 13.0 Å². The van der Waals surface area contributed by atoms with Gasteiger partial charge in [-0.25, -0.2) is 4.79 Å². The summed E-state index contributed by atoms with van der Waals surface area (Å²) in [4.78, 5) is 13.1. The highest BCUT2D eigenvalue weighted by atomic mass is 16.4. The number of hydrogen-bond donors (Lipinski definition) is 1. The fraction of sp³-hybridized carbons (Fsp3) is 0.364. The Morgan fingerprint density at radius 1 is 1.50 bits per heavy atom. The van der Waals surface area contributed by atoms with Gasteiger partial charge in [-0.3, -0.25) is 0 Å². The lowest BCUT2D eigenvalue weighted by molar-refractivity contribution is 0.0694. The number of likely N-dealkylation sites (N-methyl/N-ethyl adjacent to an activating group) is 1. The Bertz CT molecular complexity index is 374. The van der Waals surface area contributed by atoms with Crippen LogP contribution in [0.15, 0.2) is 18.2 Å². The molecule has 0 bridgehead atoms. The molecule has 0 fully saturated rings. The second-order valence-electron chi connectivity index (χ2n) is 3.74. The van der Waals surface area contributed by atoms with Gasteiger partial charge in [0.15, 0.2) is 0 Å². The molecule has 0 saturated heterocycles. The average molecular weight is 191 g/mol. The van der Waals surface area contributed by atoms with Gasteiger partial charge < -0.3 is 10.0 Å². The van der Waals surface area contributed by atoms with E-state index in [1.807, 2.05) is 19.2 Å². The van der Waals surface area contributed by atoms with Crippen molar-refractivity contribution in [3.63, 3.8) is 0 Å². The van der Waals surface area contributed by atoms with Gasteiger partial charge in [0, 0.05) is 13.1 Å². The van der Waals surface area contributed by atoms with Crippen molar-refractivity contribution in [1.29, 1.82) is 0 Å². The highest BCUT2D eigenvalue weighted by Crippen LogP contribution is 2.21. The molecule has 1 aromatic carbocycles. The largest absolute Gasteiger partial charge is 0.478 e. The molecule has 2 rings (SSSR count). The van der Waals surface area contributed by atoms with Crippen LogP contribution in [0, 0.1) is 0 Å². The lowest BCUT2D eigenvalue weighted by Gasteiger charge is -2.25. The van der Waals surface area contributed by atoms with Crippen molar-refractivity contribution in [2.75, 3.05) is 13.6 Å². The van der Waals surface area contributed by atoms with Gasteiger partial charge in [-0.05, 0) is 30.7 Å². The third-order valence-electron chi connectivity index (χ3n) is 2.69. The molecule has 0 amide bonds. The summed E-state index contributed by atoms with van der Waals surface area (Å²) in [7, 11) is 2.02. The Balaban J connectivity index is 2.48. The van der Waals surface area contributed by atoms with Crippen LogP contribution in [0.5, 0.6) is 0 Å². The van der Waals surface area contributed by atoms with E-state index in [1.165, 1.54) is 5.56 Å². The van der Waals surface area contributed by atoms with Crippen molar-refractivity contribution in [3.05, 3.63) is 34.9 Å². The molecule has 0 aliphatic carbocycles. The van der Waals surface area contributed by atoms with Gasteiger partial charge >= 0.3 is 5.97 Å². The zero-order valence-corrected chi connectivity index (χ0v) is 8.16. The van der Waals surface area contributed by atoms with Crippen molar-refractivity contribution >= 4 is 5.97 Å². The van der Waals surface area contributed by atoms with E-state index in [4.69, 9.17) is 5.11 Å². The van der Waals surface area contributed by atoms with Gasteiger partial charge in [-0.15, -0.1) is 0 Å². The predicted octanol–water partition coefficient (Wildman–Crippen LogP) is 1.37. The molecule has 1 aliphatic rings. The van der Waals surface area contributed by atoms with Gasteiger partial charge in [0.2, 0.25) is 0 Å². The lowest BCUT2D eigenvalue weighted by Crippen LogP contribution is -2.28. The minimum atomic E-state index is -0.822. The molecule has 0 atom stereocenters. The first-order valence-corrected chi connectivity index (χ1v) is 4.71. The summed E-state index contributed by atoms with van der Waals surface area (Å²) < 4.78 is 0. The molecule has 3 heteroatoms. The summed E-state index contributed by atoms with van der Waals surface area (Å²) in [5.41, 5.74) is 2.62. The zero-order valence-electron chi connectivity index (χ0n) is 8.16. The molecule has 1 N–H and O–H groups in total. The van der Waals surface area contributed by atoms with Crippen LogP contribution in [0.25, 0.3) is 0 Å².